The summed E-state index contributed by atoms with van der Waals surface area (Å²) in [4.78, 5) is 0. The first-order valence-electron chi connectivity index (χ1n) is 5.65. The molecule has 0 fully saturated rings. The predicted octanol–water partition coefficient (Wildman–Crippen LogP) is 2.89. The zero-order valence-electron chi connectivity index (χ0n) is 10.2. The summed E-state index contributed by atoms with van der Waals surface area (Å²) in [6.07, 6.45) is 3.44. The van der Waals surface area contributed by atoms with E-state index in [-0.39, 0.29) is 0 Å². The number of nitrogens with one attached hydrogen (secondary N) is 1. The van der Waals surface area contributed by atoms with Gasteiger partial charge in [0.2, 0.25) is 0 Å². The minimum atomic E-state index is 0.788. The molecule has 3 nitrogen and oxygen atoms in total. The third-order valence-electron chi connectivity index (χ3n) is 2.66. The molecule has 1 aromatic carbocycles. The lowest BCUT2D eigenvalue weighted by Crippen LogP contribution is -2.13. The third kappa shape index (κ3) is 3.11. The number of ether oxygens (including phenoxy) is 1. The highest BCUT2D eigenvalue weighted by Crippen LogP contribution is 2.19. The molecule has 0 atom stereocenters. The Bertz CT molecular complexity index is 463. The third-order valence-corrected chi connectivity index (χ3v) is 2.66. The fourth-order valence-corrected chi connectivity index (χ4v) is 1.78. The van der Waals surface area contributed by atoms with Gasteiger partial charge in [0.15, 0.2) is 0 Å². The van der Waals surface area contributed by atoms with Gasteiger partial charge in [-0.3, -0.25) is 0 Å². The van der Waals surface area contributed by atoms with Gasteiger partial charge < -0.3 is 14.5 Å². The molecule has 3 heteroatoms. The summed E-state index contributed by atoms with van der Waals surface area (Å²) < 4.78 is 10.3. The normalized spacial score (nSPS) is 10.5. The number of furan rings is 1. The number of rotatable bonds is 5. The van der Waals surface area contributed by atoms with E-state index < -0.39 is 0 Å². The Labute approximate surface area is 101 Å². The molecule has 0 bridgehead atoms. The maximum Gasteiger partial charge on any atom is 0.123 e. The Kier molecular flexibility index (Phi) is 3.83. The van der Waals surface area contributed by atoms with Gasteiger partial charge in [0, 0.05) is 24.2 Å². The van der Waals surface area contributed by atoms with Crippen LogP contribution in [0.4, 0.5) is 0 Å². The number of hydrogen-bond donors (Lipinski definition) is 1. The standard InChI is InChI=1S/C14H17NO2/c1-11-3-4-14(16-2)13(7-11)9-15-8-12-5-6-17-10-12/h3-7,10,15H,8-9H2,1-2H3. The van der Waals surface area contributed by atoms with Gasteiger partial charge in [-0.1, -0.05) is 17.7 Å². The van der Waals surface area contributed by atoms with E-state index in [0.717, 1.165) is 24.4 Å². The molecule has 0 saturated carbocycles. The van der Waals surface area contributed by atoms with Crippen LogP contribution in [0.25, 0.3) is 0 Å². The van der Waals surface area contributed by atoms with Crippen molar-refractivity contribution in [2.24, 2.45) is 0 Å². The monoisotopic (exact) mass is 231 g/mol. The highest BCUT2D eigenvalue weighted by molar-refractivity contribution is 5.36. The first kappa shape index (κ1) is 11.7. The van der Waals surface area contributed by atoms with Crippen molar-refractivity contribution in [3.8, 4) is 5.75 Å². The van der Waals surface area contributed by atoms with E-state index in [4.69, 9.17) is 9.15 Å². The average Bonchev–Trinajstić information content (AvgIpc) is 2.82. The van der Waals surface area contributed by atoms with Crippen LogP contribution >= 0.6 is 0 Å². The van der Waals surface area contributed by atoms with Crippen molar-refractivity contribution in [3.63, 3.8) is 0 Å². The quantitative estimate of drug-likeness (QED) is 0.859. The molecule has 90 valence electrons. The van der Waals surface area contributed by atoms with Crippen molar-refractivity contribution in [1.29, 1.82) is 0 Å². The maximum absolute atomic E-state index is 5.33. The molecule has 0 aliphatic heterocycles. The molecule has 0 unspecified atom stereocenters. The average molecular weight is 231 g/mol. The van der Waals surface area contributed by atoms with E-state index in [1.54, 1.807) is 19.6 Å². The second-order valence-corrected chi connectivity index (χ2v) is 4.05. The van der Waals surface area contributed by atoms with Crippen molar-refractivity contribution in [3.05, 3.63) is 53.5 Å². The van der Waals surface area contributed by atoms with E-state index in [2.05, 4.69) is 24.4 Å². The maximum atomic E-state index is 5.33. The Morgan fingerprint density at radius 3 is 2.82 bits per heavy atom. The zero-order chi connectivity index (χ0) is 12.1. The van der Waals surface area contributed by atoms with Crippen LogP contribution in [0.2, 0.25) is 0 Å². The van der Waals surface area contributed by atoms with E-state index in [0.29, 0.717) is 0 Å². The SMILES string of the molecule is COc1ccc(C)cc1CNCc1ccoc1. The highest BCUT2D eigenvalue weighted by atomic mass is 16.5. The topological polar surface area (TPSA) is 34.4 Å². The van der Waals surface area contributed by atoms with E-state index in [1.807, 2.05) is 12.1 Å². The van der Waals surface area contributed by atoms with Crippen LogP contribution in [-0.4, -0.2) is 7.11 Å². The van der Waals surface area contributed by atoms with Crippen LogP contribution in [0, 0.1) is 6.92 Å². The van der Waals surface area contributed by atoms with Gasteiger partial charge in [0.25, 0.3) is 0 Å². The van der Waals surface area contributed by atoms with E-state index >= 15 is 0 Å². The molecule has 1 aromatic heterocycles. The molecule has 1 N–H and O–H groups in total. The summed E-state index contributed by atoms with van der Waals surface area (Å²) in [5.41, 5.74) is 3.57. The van der Waals surface area contributed by atoms with Gasteiger partial charge in [-0.05, 0) is 19.1 Å². The lowest BCUT2D eigenvalue weighted by atomic mass is 10.1. The molecule has 17 heavy (non-hydrogen) atoms. The van der Waals surface area contributed by atoms with Crippen molar-refractivity contribution in [1.82, 2.24) is 5.32 Å². The van der Waals surface area contributed by atoms with Gasteiger partial charge >= 0.3 is 0 Å². The molecular formula is C14H17NO2. The second-order valence-electron chi connectivity index (χ2n) is 4.05. The van der Waals surface area contributed by atoms with E-state index in [1.165, 1.54) is 11.1 Å². The van der Waals surface area contributed by atoms with Crippen molar-refractivity contribution in [2.75, 3.05) is 7.11 Å². The Hall–Kier alpha value is -1.74. The summed E-state index contributed by atoms with van der Waals surface area (Å²) in [5, 5.41) is 3.37. The lowest BCUT2D eigenvalue weighted by Gasteiger charge is -2.10. The van der Waals surface area contributed by atoms with Crippen LogP contribution in [0.15, 0.2) is 41.2 Å². The largest absolute Gasteiger partial charge is 0.496 e. The number of hydrogen-bond acceptors (Lipinski definition) is 3. The molecule has 0 aliphatic rings. The summed E-state index contributed by atoms with van der Waals surface area (Å²) in [6.45, 7) is 3.67. The smallest absolute Gasteiger partial charge is 0.123 e. The van der Waals surface area contributed by atoms with Crippen LogP contribution in [0.3, 0.4) is 0 Å². The van der Waals surface area contributed by atoms with Gasteiger partial charge in [-0.2, -0.15) is 0 Å². The Balaban J connectivity index is 1.96. The fourth-order valence-electron chi connectivity index (χ4n) is 1.78. The van der Waals surface area contributed by atoms with Crippen LogP contribution in [0.1, 0.15) is 16.7 Å². The number of methoxy groups -OCH3 is 1. The first-order chi connectivity index (χ1) is 8.29. The van der Waals surface area contributed by atoms with Crippen molar-refractivity contribution in [2.45, 2.75) is 20.0 Å². The molecule has 0 amide bonds. The number of benzene rings is 1. The van der Waals surface area contributed by atoms with Crippen LogP contribution in [0.5, 0.6) is 5.75 Å². The summed E-state index contributed by atoms with van der Waals surface area (Å²) in [6, 6.07) is 8.16. The fraction of sp³-hybridized carbons (Fsp3) is 0.286. The Morgan fingerprint density at radius 1 is 1.24 bits per heavy atom. The van der Waals surface area contributed by atoms with Gasteiger partial charge in [0.1, 0.15) is 5.75 Å². The molecule has 0 aliphatic carbocycles. The summed E-state index contributed by atoms with van der Waals surface area (Å²) >= 11 is 0. The highest BCUT2D eigenvalue weighted by Gasteiger charge is 2.02. The molecular weight excluding hydrogens is 214 g/mol. The van der Waals surface area contributed by atoms with Gasteiger partial charge in [0.05, 0.1) is 19.6 Å². The minimum absolute atomic E-state index is 0.788. The zero-order valence-corrected chi connectivity index (χ0v) is 10.2. The Morgan fingerprint density at radius 2 is 2.12 bits per heavy atom. The summed E-state index contributed by atoms with van der Waals surface area (Å²) in [7, 11) is 1.70. The predicted molar refractivity (Wildman–Crippen MR) is 67.0 cm³/mol. The minimum Gasteiger partial charge on any atom is -0.496 e. The van der Waals surface area contributed by atoms with Crippen molar-refractivity contribution >= 4 is 0 Å². The van der Waals surface area contributed by atoms with Crippen molar-refractivity contribution < 1.29 is 9.15 Å². The first-order valence-corrected chi connectivity index (χ1v) is 5.65. The molecule has 0 saturated heterocycles. The van der Waals surface area contributed by atoms with Crippen LogP contribution in [-0.2, 0) is 13.1 Å². The second kappa shape index (κ2) is 5.55. The molecule has 0 spiro atoms. The molecule has 2 rings (SSSR count). The molecule has 1 heterocycles. The van der Waals surface area contributed by atoms with Gasteiger partial charge in [-0.15, -0.1) is 0 Å². The molecule has 2 aromatic rings. The van der Waals surface area contributed by atoms with Crippen LogP contribution < -0.4 is 10.1 Å². The van der Waals surface area contributed by atoms with E-state index in [9.17, 15) is 0 Å². The van der Waals surface area contributed by atoms with Gasteiger partial charge in [-0.25, -0.2) is 0 Å². The lowest BCUT2D eigenvalue weighted by molar-refractivity contribution is 0.407. The number of aryl methyl sites for hydroxylation is 1. The molecule has 0 radical (unpaired) electrons. The summed E-state index contributed by atoms with van der Waals surface area (Å²) in [5.74, 6) is 0.926.